The Morgan fingerprint density at radius 1 is 0.514 bits per heavy atom. The van der Waals surface area contributed by atoms with Crippen molar-refractivity contribution in [3.05, 3.63) is 212 Å². The Labute approximate surface area is 406 Å². The van der Waals surface area contributed by atoms with Gasteiger partial charge < -0.3 is 24.2 Å². The van der Waals surface area contributed by atoms with Crippen molar-refractivity contribution in [3.8, 4) is 33.8 Å². The number of phenols is 1. The summed E-state index contributed by atoms with van der Waals surface area (Å²) in [5.41, 5.74) is 10.4. The third kappa shape index (κ3) is 8.59. The first-order valence-electron chi connectivity index (χ1n) is 23.0. The molecule has 0 amide bonds. The summed E-state index contributed by atoms with van der Waals surface area (Å²) in [5.74, 6) is -4.10. The molecule has 11 heteroatoms. The molecule has 0 saturated heterocycles. The largest absolute Gasteiger partial charge is 0.508 e. The fraction of sp³-hybridized carbons (Fsp3) is 0.203. The average molecular weight is 933 g/mol. The Balaban J connectivity index is 1.10. The summed E-state index contributed by atoms with van der Waals surface area (Å²) in [6.07, 6.45) is 0. The molecular weight excluding hydrogens is 881 g/mol. The van der Waals surface area contributed by atoms with Crippen LogP contribution in [0, 0.1) is 10.1 Å². The van der Waals surface area contributed by atoms with Crippen LogP contribution < -0.4 is 9.64 Å². The summed E-state index contributed by atoms with van der Waals surface area (Å²) < 4.78 is 16.3. The van der Waals surface area contributed by atoms with Gasteiger partial charge in [-0.1, -0.05) is 126 Å². The fourth-order valence-corrected chi connectivity index (χ4v) is 9.67. The number of phenolic OH excluding ortho intramolecular Hbond substituents is 1. The third-order valence-electron chi connectivity index (χ3n) is 13.3. The second-order valence-corrected chi connectivity index (χ2v) is 19.7. The summed E-state index contributed by atoms with van der Waals surface area (Å²) >= 11 is 0. The Morgan fingerprint density at radius 3 is 1.36 bits per heavy atom. The summed E-state index contributed by atoms with van der Waals surface area (Å²) in [5, 5.41) is 23.1. The van der Waals surface area contributed by atoms with Crippen molar-refractivity contribution in [1.82, 2.24) is 0 Å². The molecule has 7 aromatic carbocycles. The Hall–Kier alpha value is -8.31. The zero-order valence-corrected chi connectivity index (χ0v) is 40.2. The van der Waals surface area contributed by atoms with Crippen molar-refractivity contribution in [2.24, 2.45) is 0 Å². The van der Waals surface area contributed by atoms with Gasteiger partial charge in [0.2, 0.25) is 0 Å². The van der Waals surface area contributed by atoms with Crippen molar-refractivity contribution in [1.29, 1.82) is 0 Å². The van der Waals surface area contributed by atoms with Gasteiger partial charge in [0.25, 0.3) is 5.69 Å². The van der Waals surface area contributed by atoms with Crippen LogP contribution >= 0.6 is 0 Å². The van der Waals surface area contributed by atoms with Crippen LogP contribution in [0.5, 0.6) is 11.5 Å². The highest BCUT2D eigenvalue weighted by Crippen LogP contribution is 2.57. The number of carbonyl (C=O) groups is 3. The van der Waals surface area contributed by atoms with Crippen LogP contribution in [-0.4, -0.2) is 42.2 Å². The second kappa shape index (κ2) is 18.0. The van der Waals surface area contributed by atoms with Gasteiger partial charge in [-0.3, -0.25) is 10.1 Å². The molecule has 7 aromatic rings. The van der Waals surface area contributed by atoms with Crippen molar-refractivity contribution >= 4 is 40.7 Å². The highest BCUT2D eigenvalue weighted by Gasteiger charge is 2.49. The molecule has 0 fully saturated rings. The summed E-state index contributed by atoms with van der Waals surface area (Å²) in [7, 11) is 2.44. The van der Waals surface area contributed by atoms with E-state index in [-0.39, 0.29) is 39.0 Å². The smallest absolute Gasteiger partial charge is 0.350 e. The minimum atomic E-state index is -0.984. The van der Waals surface area contributed by atoms with Gasteiger partial charge >= 0.3 is 17.9 Å². The number of methoxy groups -OCH3 is 2. The Morgan fingerprint density at radius 2 is 0.929 bits per heavy atom. The predicted octanol–water partition coefficient (Wildman–Crippen LogP) is 13.2. The summed E-state index contributed by atoms with van der Waals surface area (Å²) in [6, 6.07) is 46.9. The highest BCUT2D eigenvalue weighted by molar-refractivity contribution is 6.06. The van der Waals surface area contributed by atoms with Crippen LogP contribution in [0.25, 0.3) is 22.3 Å². The second-order valence-electron chi connectivity index (χ2n) is 19.7. The summed E-state index contributed by atoms with van der Waals surface area (Å²) in [6.45, 7) is 13.1. The third-order valence-corrected chi connectivity index (χ3v) is 13.3. The van der Waals surface area contributed by atoms with Gasteiger partial charge in [0, 0.05) is 35.0 Å². The molecule has 0 aliphatic heterocycles. The standard InChI is InChI=1S/C59H52N2O9/c1-58(2,3)38-17-9-34(10-18-38)36-13-21-40(22-14-36)60(41-23-15-37(16-24-41)35-11-19-39(20-12-35)59(4,5)6)42-25-30-50(61(66)67)49(31-42)55(63)70-44-27-29-46-48(33-44)52-45-28-26-43(62)32-47(45)51(46)53(56(64)68-7)54(52)57(65)69-8/h9-33,51-52,62H,1-8H3. The maximum absolute atomic E-state index is 14.4. The number of nitro benzene ring substituents is 1. The van der Waals surface area contributed by atoms with Crippen LogP contribution in [0.2, 0.25) is 0 Å². The number of hydrogen-bond donors (Lipinski definition) is 1. The lowest BCUT2D eigenvalue weighted by Gasteiger charge is -2.41. The SMILES string of the molecule is COC(=O)C1=C(C(=O)OC)C2c3ccc(O)cc3C1c1ccc(OC(=O)c3cc(N(c4ccc(-c5ccc(C(C)(C)C)cc5)cc4)c4ccc(-c5ccc(C(C)(C)C)cc5)cc4)ccc3[N+](=O)[O-])cc12. The molecule has 0 radical (unpaired) electrons. The number of nitro groups is 1. The number of hydrogen-bond acceptors (Lipinski definition) is 10. The molecule has 0 aromatic heterocycles. The van der Waals surface area contributed by atoms with Gasteiger partial charge in [-0.05, 0) is 127 Å². The van der Waals surface area contributed by atoms with Crippen LogP contribution in [0.15, 0.2) is 163 Å². The van der Waals surface area contributed by atoms with Gasteiger partial charge in [-0.25, -0.2) is 14.4 Å². The molecule has 2 unspecified atom stereocenters. The lowest BCUT2D eigenvalue weighted by Crippen LogP contribution is -2.35. The number of aromatic hydroxyl groups is 1. The van der Waals surface area contributed by atoms with Crippen LogP contribution in [0.1, 0.15) is 97.1 Å². The van der Waals surface area contributed by atoms with E-state index in [0.717, 1.165) is 33.6 Å². The van der Waals surface area contributed by atoms with E-state index in [0.29, 0.717) is 27.9 Å². The number of carbonyl (C=O) groups excluding carboxylic acids is 3. The summed E-state index contributed by atoms with van der Waals surface area (Å²) in [4.78, 5) is 55.2. The van der Waals surface area contributed by atoms with Crippen molar-refractivity contribution < 1.29 is 38.6 Å². The molecule has 10 rings (SSSR count). The average Bonchev–Trinajstić information content (AvgIpc) is 3.35. The topological polar surface area (TPSA) is 146 Å². The molecule has 2 bridgehead atoms. The fourth-order valence-electron chi connectivity index (χ4n) is 9.67. The number of anilines is 3. The molecule has 2 atom stereocenters. The Bertz CT molecular complexity index is 3150. The molecular formula is C59H52N2O9. The number of ether oxygens (including phenoxy) is 3. The van der Waals surface area contributed by atoms with E-state index in [1.807, 2.05) is 53.4 Å². The first-order valence-corrected chi connectivity index (χ1v) is 23.0. The quantitative estimate of drug-likeness (QED) is 0.0609. The number of benzene rings is 7. The Kier molecular flexibility index (Phi) is 12.0. The van der Waals surface area contributed by atoms with E-state index < -0.39 is 40.4 Å². The molecule has 0 spiro atoms. The zero-order chi connectivity index (χ0) is 49.8. The molecule has 3 aliphatic rings. The molecule has 1 N–H and O–H groups in total. The van der Waals surface area contributed by atoms with E-state index in [1.54, 1.807) is 30.3 Å². The normalized spacial score (nSPS) is 14.9. The van der Waals surface area contributed by atoms with Gasteiger partial charge in [0.05, 0.1) is 30.3 Å². The van der Waals surface area contributed by atoms with Crippen LogP contribution in [0.3, 0.4) is 0 Å². The first kappa shape index (κ1) is 46.8. The van der Waals surface area contributed by atoms with Crippen molar-refractivity contribution in [3.63, 3.8) is 0 Å². The first-order chi connectivity index (χ1) is 33.4. The van der Waals surface area contributed by atoms with Gasteiger partial charge in [-0.15, -0.1) is 0 Å². The molecule has 3 aliphatic carbocycles. The molecule has 0 heterocycles. The van der Waals surface area contributed by atoms with Crippen molar-refractivity contribution in [2.45, 2.75) is 64.2 Å². The van der Waals surface area contributed by atoms with Crippen LogP contribution in [0.4, 0.5) is 22.7 Å². The molecule has 11 nitrogen and oxygen atoms in total. The lowest BCUT2D eigenvalue weighted by atomic mass is 9.61. The predicted molar refractivity (Wildman–Crippen MR) is 270 cm³/mol. The highest BCUT2D eigenvalue weighted by atomic mass is 16.6. The lowest BCUT2D eigenvalue weighted by molar-refractivity contribution is -0.385. The minimum absolute atomic E-state index is 0.00849. The minimum Gasteiger partial charge on any atom is -0.508 e. The van der Waals surface area contributed by atoms with Gasteiger partial charge in [0.15, 0.2) is 0 Å². The number of esters is 3. The molecule has 352 valence electrons. The maximum Gasteiger partial charge on any atom is 0.350 e. The van der Waals surface area contributed by atoms with Crippen LogP contribution in [-0.2, 0) is 29.9 Å². The van der Waals surface area contributed by atoms with Gasteiger partial charge in [-0.2, -0.15) is 0 Å². The van der Waals surface area contributed by atoms with Gasteiger partial charge in [0.1, 0.15) is 17.1 Å². The molecule has 70 heavy (non-hydrogen) atoms. The monoisotopic (exact) mass is 932 g/mol. The molecule has 0 saturated carbocycles. The van der Waals surface area contributed by atoms with E-state index in [1.165, 1.54) is 49.6 Å². The number of nitrogens with zero attached hydrogens (tertiary/aromatic N) is 2. The number of rotatable bonds is 10. The zero-order valence-electron chi connectivity index (χ0n) is 40.2. The van der Waals surface area contributed by atoms with Crippen molar-refractivity contribution in [2.75, 3.05) is 19.1 Å². The van der Waals surface area contributed by atoms with E-state index >= 15 is 0 Å². The maximum atomic E-state index is 14.4. The van der Waals surface area contributed by atoms with E-state index in [2.05, 4.69) is 90.1 Å². The van der Waals surface area contributed by atoms with E-state index in [4.69, 9.17) is 14.2 Å². The van der Waals surface area contributed by atoms with E-state index in [9.17, 15) is 29.6 Å².